The highest BCUT2D eigenvalue weighted by atomic mass is 16.5. The number of phenols is 1. The first kappa shape index (κ1) is 22.5. The van der Waals surface area contributed by atoms with Gasteiger partial charge in [0.25, 0.3) is 5.91 Å². The minimum Gasteiger partial charge on any atom is -0.504 e. The van der Waals surface area contributed by atoms with Gasteiger partial charge in [0.1, 0.15) is 0 Å². The number of carboxylic acids is 1. The average molecular weight is 472 g/mol. The predicted molar refractivity (Wildman–Crippen MR) is 131 cm³/mol. The van der Waals surface area contributed by atoms with Gasteiger partial charge in [-0.2, -0.15) is 0 Å². The first-order valence-electron chi connectivity index (χ1n) is 11.3. The summed E-state index contributed by atoms with van der Waals surface area (Å²) < 4.78 is 5.19. The lowest BCUT2D eigenvalue weighted by Gasteiger charge is -2.14. The molecule has 2 heterocycles. The summed E-state index contributed by atoms with van der Waals surface area (Å²) in [6.07, 6.45) is 3.39. The third-order valence-corrected chi connectivity index (χ3v) is 6.66. The number of rotatable bonds is 5. The van der Waals surface area contributed by atoms with E-state index in [1.807, 2.05) is 18.2 Å². The molecule has 1 aliphatic heterocycles. The Morgan fingerprint density at radius 3 is 2.60 bits per heavy atom. The monoisotopic (exact) mass is 472 g/mol. The van der Waals surface area contributed by atoms with Gasteiger partial charge in [-0.25, -0.2) is 0 Å². The Kier molecular flexibility index (Phi) is 5.43. The van der Waals surface area contributed by atoms with Gasteiger partial charge in [0, 0.05) is 40.2 Å². The van der Waals surface area contributed by atoms with Gasteiger partial charge < -0.3 is 25.3 Å². The van der Waals surface area contributed by atoms with Crippen molar-refractivity contribution in [3.63, 3.8) is 0 Å². The molecule has 1 aromatic heterocycles. The second-order valence-electron chi connectivity index (χ2n) is 8.80. The third kappa shape index (κ3) is 3.77. The number of ketones is 1. The predicted octanol–water partition coefficient (Wildman–Crippen LogP) is 4.60. The summed E-state index contributed by atoms with van der Waals surface area (Å²) in [5.41, 5.74) is 5.40. The SMILES string of the molecule is COc1cc(-c2ccc3c(c2)NC(=O)/C3=C\c2[nH]c3c(c2C(C)C(=O)O)C(=O)CCC3)ccc1O. The minimum atomic E-state index is -1.03. The quantitative estimate of drug-likeness (QED) is 0.402. The Hall–Kier alpha value is -4.33. The van der Waals surface area contributed by atoms with Crippen molar-refractivity contribution in [3.8, 4) is 22.6 Å². The van der Waals surface area contributed by atoms with Crippen molar-refractivity contribution >= 4 is 35.0 Å². The molecule has 4 N–H and O–H groups in total. The van der Waals surface area contributed by atoms with Crippen LogP contribution in [-0.2, 0) is 16.0 Å². The number of aromatic nitrogens is 1. The molecule has 5 rings (SSSR count). The first-order chi connectivity index (χ1) is 16.8. The number of carbonyl (C=O) groups is 3. The van der Waals surface area contributed by atoms with Gasteiger partial charge in [-0.05, 0) is 55.2 Å². The summed E-state index contributed by atoms with van der Waals surface area (Å²) in [4.78, 5) is 40.6. The summed E-state index contributed by atoms with van der Waals surface area (Å²) in [6.45, 7) is 1.55. The number of nitrogens with one attached hydrogen (secondary N) is 2. The van der Waals surface area contributed by atoms with E-state index in [0.717, 1.165) is 16.8 Å². The molecule has 1 amide bonds. The number of aromatic amines is 1. The lowest BCUT2D eigenvalue weighted by Crippen LogP contribution is -2.15. The molecule has 0 fully saturated rings. The smallest absolute Gasteiger partial charge is 0.310 e. The molecule has 8 nitrogen and oxygen atoms in total. The number of aryl methyl sites for hydroxylation is 1. The number of benzene rings is 2. The highest BCUT2D eigenvalue weighted by molar-refractivity contribution is 6.35. The lowest BCUT2D eigenvalue weighted by atomic mass is 9.87. The summed E-state index contributed by atoms with van der Waals surface area (Å²) in [5.74, 6) is -1.93. The molecule has 0 saturated carbocycles. The minimum absolute atomic E-state index is 0.0365. The van der Waals surface area contributed by atoms with Gasteiger partial charge in [-0.15, -0.1) is 0 Å². The molecular formula is C27H24N2O6. The van der Waals surface area contributed by atoms with Crippen LogP contribution in [0.15, 0.2) is 36.4 Å². The molecule has 1 atom stereocenters. The molecule has 1 aliphatic carbocycles. The molecule has 1 unspecified atom stereocenters. The third-order valence-electron chi connectivity index (χ3n) is 6.66. The maximum atomic E-state index is 12.9. The second-order valence-corrected chi connectivity index (χ2v) is 8.80. The number of aliphatic carboxylic acids is 1. The van der Waals surface area contributed by atoms with Gasteiger partial charge in [-0.3, -0.25) is 14.4 Å². The van der Waals surface area contributed by atoms with Crippen LogP contribution in [0, 0.1) is 0 Å². The van der Waals surface area contributed by atoms with E-state index in [1.54, 1.807) is 31.2 Å². The molecule has 0 saturated heterocycles. The van der Waals surface area contributed by atoms with Gasteiger partial charge >= 0.3 is 5.97 Å². The second kappa shape index (κ2) is 8.47. The zero-order valence-corrected chi connectivity index (χ0v) is 19.3. The molecule has 178 valence electrons. The maximum absolute atomic E-state index is 12.9. The summed E-state index contributed by atoms with van der Waals surface area (Å²) >= 11 is 0. The fourth-order valence-electron chi connectivity index (χ4n) is 4.85. The highest BCUT2D eigenvalue weighted by Gasteiger charge is 2.32. The fourth-order valence-corrected chi connectivity index (χ4v) is 4.85. The molecule has 2 aliphatic rings. The Morgan fingerprint density at radius 1 is 1.11 bits per heavy atom. The number of anilines is 1. The van der Waals surface area contributed by atoms with Crippen molar-refractivity contribution in [2.24, 2.45) is 0 Å². The number of hydrogen-bond acceptors (Lipinski definition) is 5. The van der Waals surface area contributed by atoms with Crippen LogP contribution in [0.3, 0.4) is 0 Å². The Bertz CT molecular complexity index is 1430. The Morgan fingerprint density at radius 2 is 1.86 bits per heavy atom. The van der Waals surface area contributed by atoms with Gasteiger partial charge in [0.2, 0.25) is 0 Å². The van der Waals surface area contributed by atoms with Crippen LogP contribution in [-0.4, -0.2) is 40.0 Å². The van der Waals surface area contributed by atoms with Crippen LogP contribution < -0.4 is 10.1 Å². The number of H-pyrrole nitrogens is 1. The van der Waals surface area contributed by atoms with Crippen molar-refractivity contribution in [2.45, 2.75) is 32.1 Å². The fraction of sp³-hybridized carbons (Fsp3) is 0.222. The number of hydrogen-bond donors (Lipinski definition) is 4. The van der Waals surface area contributed by atoms with Crippen LogP contribution in [0.25, 0.3) is 22.8 Å². The molecule has 0 radical (unpaired) electrons. The molecule has 2 aromatic carbocycles. The summed E-state index contributed by atoms with van der Waals surface area (Å²) in [7, 11) is 1.48. The number of methoxy groups -OCH3 is 1. The van der Waals surface area contributed by atoms with E-state index in [1.165, 1.54) is 7.11 Å². The molecule has 3 aromatic rings. The van der Waals surface area contributed by atoms with Crippen LogP contribution >= 0.6 is 0 Å². The van der Waals surface area contributed by atoms with Gasteiger partial charge in [0.15, 0.2) is 17.3 Å². The topological polar surface area (TPSA) is 129 Å². The zero-order chi connectivity index (χ0) is 24.9. The molecule has 0 spiro atoms. The van der Waals surface area contributed by atoms with Crippen LogP contribution in [0.4, 0.5) is 5.69 Å². The number of aromatic hydroxyl groups is 1. The van der Waals surface area contributed by atoms with Crippen LogP contribution in [0.2, 0.25) is 0 Å². The lowest BCUT2D eigenvalue weighted by molar-refractivity contribution is -0.138. The van der Waals surface area contributed by atoms with Crippen LogP contribution in [0.1, 0.15) is 58.6 Å². The van der Waals surface area contributed by atoms with E-state index >= 15 is 0 Å². The standard InChI is InChI=1S/C27H24N2O6/c1-13(27(33)34)24-20(28-18-4-3-5-22(31)25(18)24)12-17-16-8-6-14(10-19(16)29-26(17)32)15-7-9-21(30)23(11-15)35-2/h6-13,28,30H,3-5H2,1-2H3,(H,29,32)(H,33,34)/b17-12-. The van der Waals surface area contributed by atoms with E-state index in [4.69, 9.17) is 4.74 Å². The maximum Gasteiger partial charge on any atom is 0.310 e. The zero-order valence-electron chi connectivity index (χ0n) is 19.3. The van der Waals surface area contributed by atoms with E-state index in [9.17, 15) is 24.6 Å². The molecule has 8 heteroatoms. The highest BCUT2D eigenvalue weighted by Crippen LogP contribution is 2.40. The van der Waals surface area contributed by atoms with Crippen molar-refractivity contribution in [1.29, 1.82) is 0 Å². The van der Waals surface area contributed by atoms with E-state index in [-0.39, 0.29) is 17.4 Å². The van der Waals surface area contributed by atoms with Crippen molar-refractivity contribution in [2.75, 3.05) is 12.4 Å². The van der Waals surface area contributed by atoms with Gasteiger partial charge in [0.05, 0.1) is 18.6 Å². The number of amides is 1. The number of Topliss-reactive ketones (excluding diaryl/α,β-unsaturated/α-hetero) is 1. The largest absolute Gasteiger partial charge is 0.504 e. The number of ether oxygens (including phenoxy) is 1. The Labute approximate surface area is 201 Å². The van der Waals surface area contributed by atoms with Crippen molar-refractivity contribution < 1.29 is 29.3 Å². The molecule has 35 heavy (non-hydrogen) atoms. The van der Waals surface area contributed by atoms with Gasteiger partial charge in [-0.1, -0.05) is 18.2 Å². The van der Waals surface area contributed by atoms with Crippen molar-refractivity contribution in [1.82, 2.24) is 4.98 Å². The number of carbonyl (C=O) groups excluding carboxylic acids is 2. The van der Waals surface area contributed by atoms with E-state index in [0.29, 0.717) is 58.7 Å². The molecule has 0 bridgehead atoms. The first-order valence-corrected chi connectivity index (χ1v) is 11.3. The molecular weight excluding hydrogens is 448 g/mol. The normalized spacial score (nSPS) is 16.6. The van der Waals surface area contributed by atoms with Crippen molar-refractivity contribution in [3.05, 3.63) is 64.5 Å². The van der Waals surface area contributed by atoms with E-state index in [2.05, 4.69) is 10.3 Å². The van der Waals surface area contributed by atoms with E-state index < -0.39 is 11.9 Å². The summed E-state index contributed by atoms with van der Waals surface area (Å²) in [6, 6.07) is 10.5. The number of fused-ring (bicyclic) bond motifs is 2. The average Bonchev–Trinajstić information content (AvgIpc) is 3.36. The van der Waals surface area contributed by atoms with Crippen LogP contribution in [0.5, 0.6) is 11.5 Å². The summed E-state index contributed by atoms with van der Waals surface area (Å²) in [5, 5.41) is 22.4. The number of phenolic OH excluding ortho intramolecular Hbond substituents is 1. The number of carboxylic acid groups (broad SMARTS) is 1. The Balaban J connectivity index is 1.59.